The maximum Gasteiger partial charge on any atom is 0.244 e. The lowest BCUT2D eigenvalue weighted by molar-refractivity contribution is -0.117. The molecule has 0 bridgehead atoms. The van der Waals surface area contributed by atoms with Crippen molar-refractivity contribution in [2.24, 2.45) is 0 Å². The Morgan fingerprint density at radius 2 is 1.91 bits per heavy atom. The lowest BCUT2D eigenvalue weighted by Gasteiger charge is -2.22. The molecule has 0 aliphatic heterocycles. The van der Waals surface area contributed by atoms with E-state index in [2.05, 4.69) is 10.2 Å². The van der Waals surface area contributed by atoms with Gasteiger partial charge >= 0.3 is 0 Å². The fourth-order valence-corrected chi connectivity index (χ4v) is 2.49. The highest BCUT2D eigenvalue weighted by Crippen LogP contribution is 2.14. The first kappa shape index (κ1) is 17.3. The molecule has 0 unspecified atom stereocenters. The van der Waals surface area contributed by atoms with Gasteiger partial charge in [-0.15, -0.1) is 0 Å². The first-order valence-corrected chi connectivity index (χ1v) is 7.86. The summed E-state index contributed by atoms with van der Waals surface area (Å²) in [4.78, 5) is 14.3. The summed E-state index contributed by atoms with van der Waals surface area (Å²) in [5.74, 6) is -0.124. The molecular weight excluding hydrogens is 308 g/mol. The molecule has 0 heterocycles. The minimum Gasteiger partial charge on any atom is -0.344 e. The minimum atomic E-state index is -0.124. The predicted octanol–water partition coefficient (Wildman–Crippen LogP) is 3.77. The molecular formula is C19H21ClN2O. The molecule has 0 fully saturated rings. The number of hydrogen-bond donors (Lipinski definition) is 1. The summed E-state index contributed by atoms with van der Waals surface area (Å²) < 4.78 is 0. The molecule has 2 aromatic carbocycles. The number of nitrogens with zero attached hydrogens (tertiary/aromatic N) is 1. The van der Waals surface area contributed by atoms with Crippen LogP contribution in [0.3, 0.4) is 0 Å². The summed E-state index contributed by atoms with van der Waals surface area (Å²) in [7, 11) is 3.98. The van der Waals surface area contributed by atoms with E-state index in [4.69, 9.17) is 11.6 Å². The fraction of sp³-hybridized carbons (Fsp3) is 0.211. The lowest BCUT2D eigenvalue weighted by atomic mass is 10.1. The second-order valence-electron chi connectivity index (χ2n) is 5.62. The van der Waals surface area contributed by atoms with Crippen molar-refractivity contribution < 1.29 is 4.79 Å². The molecule has 4 heteroatoms. The molecule has 0 aliphatic carbocycles. The highest BCUT2D eigenvalue weighted by molar-refractivity contribution is 6.30. The zero-order valence-electron chi connectivity index (χ0n) is 13.4. The van der Waals surface area contributed by atoms with Crippen LogP contribution in [-0.2, 0) is 4.79 Å². The Bertz CT molecular complexity index is 668. The summed E-state index contributed by atoms with van der Waals surface area (Å²) in [5, 5.41) is 3.70. The van der Waals surface area contributed by atoms with Crippen LogP contribution in [0.25, 0.3) is 6.08 Å². The molecule has 23 heavy (non-hydrogen) atoms. The SMILES string of the molecule is CN(C)C[C@H](NC(=O)/C=C/c1cccc(Cl)c1)c1ccccc1. The van der Waals surface area contributed by atoms with Gasteiger partial charge in [0.25, 0.3) is 0 Å². The first-order chi connectivity index (χ1) is 11.0. The molecule has 1 N–H and O–H groups in total. The highest BCUT2D eigenvalue weighted by atomic mass is 35.5. The van der Waals surface area contributed by atoms with Gasteiger partial charge in [0.05, 0.1) is 6.04 Å². The van der Waals surface area contributed by atoms with Gasteiger partial charge < -0.3 is 10.2 Å². The third-order valence-corrected chi connectivity index (χ3v) is 3.58. The molecule has 0 aliphatic rings. The van der Waals surface area contributed by atoms with Gasteiger partial charge in [-0.25, -0.2) is 0 Å². The van der Waals surface area contributed by atoms with Crippen molar-refractivity contribution in [2.45, 2.75) is 6.04 Å². The van der Waals surface area contributed by atoms with Crippen molar-refractivity contribution in [3.05, 3.63) is 76.8 Å². The van der Waals surface area contributed by atoms with E-state index in [9.17, 15) is 4.79 Å². The van der Waals surface area contributed by atoms with Gasteiger partial charge in [0.15, 0.2) is 0 Å². The van der Waals surface area contributed by atoms with Crippen LogP contribution < -0.4 is 5.32 Å². The topological polar surface area (TPSA) is 32.3 Å². The summed E-state index contributed by atoms with van der Waals surface area (Å²) in [6.07, 6.45) is 3.30. The number of halogens is 1. The molecule has 2 rings (SSSR count). The van der Waals surface area contributed by atoms with Crippen LogP contribution in [0.5, 0.6) is 0 Å². The van der Waals surface area contributed by atoms with E-state index in [1.165, 1.54) is 6.08 Å². The average Bonchev–Trinajstić information content (AvgIpc) is 2.53. The van der Waals surface area contributed by atoms with Crippen molar-refractivity contribution in [3.8, 4) is 0 Å². The van der Waals surface area contributed by atoms with E-state index in [0.29, 0.717) is 5.02 Å². The van der Waals surface area contributed by atoms with Gasteiger partial charge in [0, 0.05) is 17.6 Å². The summed E-state index contributed by atoms with van der Waals surface area (Å²) in [6.45, 7) is 0.737. The van der Waals surface area contributed by atoms with Crippen LogP contribution in [0.4, 0.5) is 0 Å². The van der Waals surface area contributed by atoms with Gasteiger partial charge in [-0.1, -0.05) is 54.1 Å². The maximum atomic E-state index is 12.2. The molecule has 120 valence electrons. The van der Waals surface area contributed by atoms with E-state index in [-0.39, 0.29) is 11.9 Å². The zero-order valence-corrected chi connectivity index (χ0v) is 14.1. The molecule has 0 saturated heterocycles. The average molecular weight is 329 g/mol. The molecule has 0 spiro atoms. The van der Waals surface area contributed by atoms with Crippen molar-refractivity contribution in [3.63, 3.8) is 0 Å². The standard InChI is InChI=1S/C19H21ClN2O/c1-22(2)14-18(16-8-4-3-5-9-16)21-19(23)12-11-15-7-6-10-17(20)13-15/h3-13,18H,14H2,1-2H3,(H,21,23)/b12-11+/t18-/m0/s1. The Hall–Kier alpha value is -2.10. The number of amides is 1. The quantitative estimate of drug-likeness (QED) is 0.819. The number of carbonyl (C=O) groups excluding carboxylic acids is 1. The molecule has 2 aromatic rings. The molecule has 0 radical (unpaired) electrons. The minimum absolute atomic E-state index is 0.0530. The summed E-state index contributed by atoms with van der Waals surface area (Å²) in [6, 6.07) is 17.3. The fourth-order valence-electron chi connectivity index (χ4n) is 2.29. The van der Waals surface area contributed by atoms with E-state index in [1.54, 1.807) is 6.08 Å². The van der Waals surface area contributed by atoms with Gasteiger partial charge in [-0.2, -0.15) is 0 Å². The number of nitrogens with one attached hydrogen (secondary N) is 1. The maximum absolute atomic E-state index is 12.2. The Labute approximate surface area is 142 Å². The van der Waals surface area contributed by atoms with Gasteiger partial charge in [0.2, 0.25) is 5.91 Å². The number of hydrogen-bond acceptors (Lipinski definition) is 2. The van der Waals surface area contributed by atoms with Gasteiger partial charge in [0.1, 0.15) is 0 Å². The van der Waals surface area contributed by atoms with Crippen molar-refractivity contribution >= 4 is 23.6 Å². The van der Waals surface area contributed by atoms with Crippen LogP contribution in [0.15, 0.2) is 60.7 Å². The largest absolute Gasteiger partial charge is 0.344 e. The predicted molar refractivity (Wildman–Crippen MR) is 96.4 cm³/mol. The van der Waals surface area contributed by atoms with Crippen LogP contribution in [0.2, 0.25) is 5.02 Å². The summed E-state index contributed by atoms with van der Waals surface area (Å²) >= 11 is 5.94. The van der Waals surface area contributed by atoms with E-state index >= 15 is 0 Å². The first-order valence-electron chi connectivity index (χ1n) is 7.48. The Morgan fingerprint density at radius 1 is 1.17 bits per heavy atom. The molecule has 1 amide bonds. The number of carbonyl (C=O) groups is 1. The smallest absolute Gasteiger partial charge is 0.244 e. The monoisotopic (exact) mass is 328 g/mol. The Morgan fingerprint density at radius 3 is 2.57 bits per heavy atom. The van der Waals surface area contributed by atoms with Crippen LogP contribution >= 0.6 is 11.6 Å². The van der Waals surface area contributed by atoms with Crippen LogP contribution in [0, 0.1) is 0 Å². The lowest BCUT2D eigenvalue weighted by Crippen LogP contribution is -2.34. The number of rotatable bonds is 6. The van der Waals surface area contributed by atoms with E-state index in [1.807, 2.05) is 68.7 Å². The van der Waals surface area contributed by atoms with E-state index < -0.39 is 0 Å². The Balaban J connectivity index is 2.05. The van der Waals surface area contributed by atoms with Gasteiger partial charge in [-0.3, -0.25) is 4.79 Å². The highest BCUT2D eigenvalue weighted by Gasteiger charge is 2.13. The van der Waals surface area contributed by atoms with Crippen molar-refractivity contribution in [1.29, 1.82) is 0 Å². The molecule has 1 atom stereocenters. The molecule has 0 aromatic heterocycles. The van der Waals surface area contributed by atoms with Gasteiger partial charge in [-0.05, 0) is 43.4 Å². The van der Waals surface area contributed by atoms with Crippen LogP contribution in [-0.4, -0.2) is 31.4 Å². The van der Waals surface area contributed by atoms with Crippen LogP contribution in [0.1, 0.15) is 17.2 Å². The third-order valence-electron chi connectivity index (χ3n) is 3.34. The number of likely N-dealkylation sites (N-methyl/N-ethyl adjacent to an activating group) is 1. The molecule has 0 saturated carbocycles. The van der Waals surface area contributed by atoms with Crippen molar-refractivity contribution in [2.75, 3.05) is 20.6 Å². The zero-order chi connectivity index (χ0) is 16.7. The summed E-state index contributed by atoms with van der Waals surface area (Å²) in [5.41, 5.74) is 1.99. The van der Waals surface area contributed by atoms with E-state index in [0.717, 1.165) is 17.7 Å². The Kier molecular flexibility index (Phi) is 6.39. The second-order valence-corrected chi connectivity index (χ2v) is 6.06. The molecule has 3 nitrogen and oxygen atoms in total. The second kappa shape index (κ2) is 8.51. The number of benzene rings is 2. The van der Waals surface area contributed by atoms with Crippen molar-refractivity contribution in [1.82, 2.24) is 10.2 Å². The third kappa shape index (κ3) is 5.89. The normalized spacial score (nSPS) is 12.5.